The molecule has 0 bridgehead atoms. The van der Waals surface area contributed by atoms with Gasteiger partial charge in [-0.3, -0.25) is 4.99 Å². The van der Waals surface area contributed by atoms with Crippen LogP contribution >= 0.6 is 0 Å². The highest BCUT2D eigenvalue weighted by atomic mass is 16.6. The lowest BCUT2D eigenvalue weighted by Crippen LogP contribution is -2.50. The summed E-state index contributed by atoms with van der Waals surface area (Å²) in [6.45, 7) is 8.51. The van der Waals surface area contributed by atoms with Crippen molar-refractivity contribution >= 4 is 12.1 Å². The Labute approximate surface area is 164 Å². The minimum absolute atomic E-state index is 0.192. The maximum atomic E-state index is 11.8. The third-order valence-electron chi connectivity index (χ3n) is 5.63. The molecule has 156 valence electrons. The van der Waals surface area contributed by atoms with Gasteiger partial charge >= 0.3 is 6.09 Å². The van der Waals surface area contributed by atoms with Gasteiger partial charge in [0.05, 0.1) is 13.2 Å². The Morgan fingerprint density at radius 2 is 1.85 bits per heavy atom. The molecule has 0 radical (unpaired) electrons. The second-order valence-electron chi connectivity index (χ2n) is 7.64. The summed E-state index contributed by atoms with van der Waals surface area (Å²) < 4.78 is 5.09. The molecule has 2 N–H and O–H groups in total. The van der Waals surface area contributed by atoms with Gasteiger partial charge in [0, 0.05) is 38.3 Å². The summed E-state index contributed by atoms with van der Waals surface area (Å²) in [7, 11) is 2.23. The zero-order valence-corrected chi connectivity index (χ0v) is 17.5. The van der Waals surface area contributed by atoms with E-state index < -0.39 is 0 Å². The van der Waals surface area contributed by atoms with Crippen molar-refractivity contribution in [3.63, 3.8) is 0 Å². The van der Waals surface area contributed by atoms with Crippen molar-refractivity contribution in [1.29, 1.82) is 0 Å². The first-order valence-corrected chi connectivity index (χ1v) is 10.8. The minimum Gasteiger partial charge on any atom is -0.450 e. The van der Waals surface area contributed by atoms with E-state index in [9.17, 15) is 4.79 Å². The Balaban J connectivity index is 1.74. The number of guanidine groups is 1. The molecule has 0 aromatic rings. The van der Waals surface area contributed by atoms with Gasteiger partial charge in [-0.2, -0.15) is 0 Å². The molecular formula is C20H39N5O2. The second-order valence-corrected chi connectivity index (χ2v) is 7.64. The van der Waals surface area contributed by atoms with Gasteiger partial charge in [-0.05, 0) is 46.6 Å². The van der Waals surface area contributed by atoms with Crippen LogP contribution in [0.2, 0.25) is 0 Å². The SMILES string of the molecule is CCNC(=NCCN(C)C1CCCCC1)NC1CCN(C(=O)OCC)CC1. The van der Waals surface area contributed by atoms with Crippen LogP contribution in [0, 0.1) is 0 Å². The lowest BCUT2D eigenvalue weighted by atomic mass is 9.94. The first-order valence-electron chi connectivity index (χ1n) is 10.8. The Bertz CT molecular complexity index is 457. The number of carbonyl (C=O) groups is 1. The average Bonchev–Trinajstić information content (AvgIpc) is 2.69. The highest BCUT2D eigenvalue weighted by molar-refractivity contribution is 5.80. The van der Waals surface area contributed by atoms with Crippen LogP contribution in [-0.4, -0.2) is 80.3 Å². The molecular weight excluding hydrogens is 342 g/mol. The van der Waals surface area contributed by atoms with Crippen LogP contribution in [0.25, 0.3) is 0 Å². The van der Waals surface area contributed by atoms with Crippen LogP contribution in [0.5, 0.6) is 0 Å². The van der Waals surface area contributed by atoms with Gasteiger partial charge < -0.3 is 25.2 Å². The molecule has 0 unspecified atom stereocenters. The Hall–Kier alpha value is -1.50. The van der Waals surface area contributed by atoms with Crippen molar-refractivity contribution in [2.24, 2.45) is 4.99 Å². The quantitative estimate of drug-likeness (QED) is 0.524. The molecule has 2 aliphatic rings. The molecule has 0 spiro atoms. The number of carbonyl (C=O) groups excluding carboxylic acids is 1. The van der Waals surface area contributed by atoms with Crippen molar-refractivity contribution in [1.82, 2.24) is 20.4 Å². The van der Waals surface area contributed by atoms with E-state index >= 15 is 0 Å². The summed E-state index contributed by atoms with van der Waals surface area (Å²) in [6.07, 6.45) is 8.44. The first kappa shape index (κ1) is 21.8. The highest BCUT2D eigenvalue weighted by Gasteiger charge is 2.24. The zero-order valence-electron chi connectivity index (χ0n) is 17.5. The number of likely N-dealkylation sites (N-methyl/N-ethyl adjacent to an activating group) is 1. The van der Waals surface area contributed by atoms with Gasteiger partial charge in [0.1, 0.15) is 0 Å². The third kappa shape index (κ3) is 7.56. The molecule has 0 aromatic carbocycles. The number of piperidine rings is 1. The van der Waals surface area contributed by atoms with Crippen molar-refractivity contribution in [3.8, 4) is 0 Å². The molecule has 7 heteroatoms. The van der Waals surface area contributed by atoms with E-state index in [2.05, 4.69) is 29.5 Å². The van der Waals surface area contributed by atoms with Gasteiger partial charge in [-0.25, -0.2) is 4.79 Å². The van der Waals surface area contributed by atoms with Crippen molar-refractivity contribution in [3.05, 3.63) is 0 Å². The Morgan fingerprint density at radius 3 is 2.48 bits per heavy atom. The van der Waals surface area contributed by atoms with Crippen LogP contribution in [-0.2, 0) is 4.74 Å². The standard InChI is InChI=1S/C20H39N5O2/c1-4-21-19(22-13-16-24(3)18-9-7-6-8-10-18)23-17-11-14-25(15-12-17)20(26)27-5-2/h17-18H,4-16H2,1-3H3,(H2,21,22,23). The third-order valence-corrected chi connectivity index (χ3v) is 5.63. The molecule has 1 heterocycles. The number of nitrogens with one attached hydrogen (secondary N) is 2. The fraction of sp³-hybridized carbons (Fsp3) is 0.900. The molecule has 1 saturated heterocycles. The van der Waals surface area contributed by atoms with Crippen LogP contribution < -0.4 is 10.6 Å². The van der Waals surface area contributed by atoms with Gasteiger partial charge in [0.25, 0.3) is 0 Å². The maximum absolute atomic E-state index is 11.8. The van der Waals surface area contributed by atoms with Gasteiger partial charge in [0.2, 0.25) is 0 Å². The van der Waals surface area contributed by atoms with Crippen LogP contribution in [0.3, 0.4) is 0 Å². The predicted molar refractivity (Wildman–Crippen MR) is 110 cm³/mol. The summed E-state index contributed by atoms with van der Waals surface area (Å²) in [4.78, 5) is 20.9. The number of aliphatic imine (C=N–C) groups is 1. The van der Waals surface area contributed by atoms with E-state index in [0.717, 1.165) is 57.6 Å². The van der Waals surface area contributed by atoms with Crippen molar-refractivity contribution < 1.29 is 9.53 Å². The molecule has 7 nitrogen and oxygen atoms in total. The van der Waals surface area contributed by atoms with E-state index in [4.69, 9.17) is 9.73 Å². The summed E-state index contributed by atoms with van der Waals surface area (Å²) in [5.41, 5.74) is 0. The van der Waals surface area contributed by atoms with E-state index in [1.54, 1.807) is 4.90 Å². The predicted octanol–water partition coefficient (Wildman–Crippen LogP) is 2.43. The molecule has 2 rings (SSSR count). The summed E-state index contributed by atoms with van der Waals surface area (Å²) in [5.74, 6) is 0.893. The summed E-state index contributed by atoms with van der Waals surface area (Å²) in [5, 5.41) is 6.90. The van der Waals surface area contributed by atoms with E-state index in [1.807, 2.05) is 6.92 Å². The topological polar surface area (TPSA) is 69.2 Å². The molecule has 2 fully saturated rings. The number of hydrogen-bond donors (Lipinski definition) is 2. The number of nitrogens with zero attached hydrogens (tertiary/aromatic N) is 3. The molecule has 1 amide bonds. The van der Waals surface area contributed by atoms with Gasteiger partial charge in [-0.15, -0.1) is 0 Å². The Morgan fingerprint density at radius 1 is 1.15 bits per heavy atom. The number of amides is 1. The molecule has 1 aliphatic carbocycles. The van der Waals surface area contributed by atoms with Crippen LogP contribution in [0.4, 0.5) is 4.79 Å². The van der Waals surface area contributed by atoms with Gasteiger partial charge in [-0.1, -0.05) is 19.3 Å². The fourth-order valence-corrected chi connectivity index (χ4v) is 3.96. The van der Waals surface area contributed by atoms with Crippen LogP contribution in [0.15, 0.2) is 4.99 Å². The Kier molecular flexibility index (Phi) is 9.73. The molecule has 27 heavy (non-hydrogen) atoms. The average molecular weight is 382 g/mol. The molecule has 1 aliphatic heterocycles. The van der Waals surface area contributed by atoms with E-state index in [0.29, 0.717) is 12.6 Å². The highest BCUT2D eigenvalue weighted by Crippen LogP contribution is 2.21. The fourth-order valence-electron chi connectivity index (χ4n) is 3.96. The lowest BCUT2D eigenvalue weighted by molar-refractivity contribution is 0.0963. The van der Waals surface area contributed by atoms with E-state index in [1.165, 1.54) is 32.1 Å². The van der Waals surface area contributed by atoms with Crippen molar-refractivity contribution in [2.75, 3.05) is 46.4 Å². The molecule has 0 atom stereocenters. The lowest BCUT2D eigenvalue weighted by Gasteiger charge is -2.32. The number of rotatable bonds is 7. The number of ether oxygens (including phenoxy) is 1. The van der Waals surface area contributed by atoms with Crippen molar-refractivity contribution in [2.45, 2.75) is 70.9 Å². The van der Waals surface area contributed by atoms with Crippen LogP contribution in [0.1, 0.15) is 58.8 Å². The second kappa shape index (κ2) is 12.1. The normalized spacial score (nSPS) is 20.0. The smallest absolute Gasteiger partial charge is 0.409 e. The summed E-state index contributed by atoms with van der Waals surface area (Å²) in [6, 6.07) is 1.08. The minimum atomic E-state index is -0.192. The maximum Gasteiger partial charge on any atom is 0.409 e. The zero-order chi connectivity index (χ0) is 19.5. The summed E-state index contributed by atoms with van der Waals surface area (Å²) >= 11 is 0. The molecule has 0 aromatic heterocycles. The largest absolute Gasteiger partial charge is 0.450 e. The first-order chi connectivity index (χ1) is 13.1. The monoisotopic (exact) mass is 381 g/mol. The number of hydrogen-bond acceptors (Lipinski definition) is 4. The van der Waals surface area contributed by atoms with E-state index in [-0.39, 0.29) is 6.09 Å². The molecule has 1 saturated carbocycles. The van der Waals surface area contributed by atoms with Gasteiger partial charge in [0.15, 0.2) is 5.96 Å². The number of likely N-dealkylation sites (tertiary alicyclic amines) is 1.